The molecule has 0 radical (unpaired) electrons. The summed E-state index contributed by atoms with van der Waals surface area (Å²) in [6.07, 6.45) is 1.76. The maximum Gasteiger partial charge on any atom is 0.178 e. The van der Waals surface area contributed by atoms with E-state index in [0.29, 0.717) is 6.54 Å². The first-order valence-electron chi connectivity index (χ1n) is 5.24. The molecule has 0 spiro atoms. The highest BCUT2D eigenvalue weighted by Gasteiger charge is 2.10. The molecule has 0 aromatic carbocycles. The molecule has 0 saturated carbocycles. The number of nitrogens with two attached hydrogens (primary N) is 1. The highest BCUT2D eigenvalue weighted by Crippen LogP contribution is 2.22. The summed E-state index contributed by atoms with van der Waals surface area (Å²) >= 11 is 1.54. The Labute approximate surface area is 102 Å². The zero-order valence-corrected chi connectivity index (χ0v) is 10.1. The lowest BCUT2D eigenvalue weighted by atomic mass is 10.3. The second-order valence-corrected chi connectivity index (χ2v) is 4.69. The zero-order chi connectivity index (χ0) is 11.8. The molecule has 0 aliphatic heterocycles. The average molecular weight is 245 g/mol. The fourth-order valence-electron chi connectivity index (χ4n) is 1.67. The largest absolute Gasteiger partial charge is 0.335 e. The highest BCUT2D eigenvalue weighted by atomic mass is 32.1. The van der Waals surface area contributed by atoms with Crippen LogP contribution < -0.4 is 5.73 Å². The van der Waals surface area contributed by atoms with Gasteiger partial charge < -0.3 is 10.7 Å². The lowest BCUT2D eigenvalue weighted by Gasteiger charge is -1.90. The Bertz CT molecular complexity index is 669. The smallest absolute Gasteiger partial charge is 0.178 e. The van der Waals surface area contributed by atoms with Crippen LogP contribution in [0.1, 0.15) is 10.6 Å². The Morgan fingerprint density at radius 2 is 2.29 bits per heavy atom. The van der Waals surface area contributed by atoms with Gasteiger partial charge in [0.15, 0.2) is 11.5 Å². The van der Waals surface area contributed by atoms with E-state index in [1.165, 1.54) is 0 Å². The monoisotopic (exact) mass is 245 g/mol. The SMILES string of the molecule is Cc1ccnc2nc(-c3csc(CN)n3)[nH]c12. The Hall–Kier alpha value is -1.79. The predicted octanol–water partition coefficient (Wildman–Crippen LogP) is 1.85. The van der Waals surface area contributed by atoms with Crippen LogP contribution >= 0.6 is 11.3 Å². The highest BCUT2D eigenvalue weighted by molar-refractivity contribution is 7.09. The van der Waals surface area contributed by atoms with Crippen LogP contribution in [0.15, 0.2) is 17.6 Å². The number of aryl methyl sites for hydroxylation is 1. The van der Waals surface area contributed by atoms with E-state index < -0.39 is 0 Å². The van der Waals surface area contributed by atoms with Gasteiger partial charge in [-0.05, 0) is 18.6 Å². The van der Waals surface area contributed by atoms with Gasteiger partial charge in [-0.15, -0.1) is 11.3 Å². The summed E-state index contributed by atoms with van der Waals surface area (Å²) < 4.78 is 0. The summed E-state index contributed by atoms with van der Waals surface area (Å²) in [5.74, 6) is 0.748. The second kappa shape index (κ2) is 3.90. The molecule has 0 unspecified atom stereocenters. The molecular weight excluding hydrogens is 234 g/mol. The summed E-state index contributed by atoms with van der Waals surface area (Å²) in [6.45, 7) is 2.49. The molecule has 0 atom stereocenters. The fourth-order valence-corrected chi connectivity index (χ4v) is 2.33. The number of rotatable bonds is 2. The number of nitrogens with one attached hydrogen (secondary N) is 1. The van der Waals surface area contributed by atoms with Crippen LogP contribution in [-0.4, -0.2) is 19.9 Å². The van der Waals surface area contributed by atoms with Crippen molar-refractivity contribution >= 4 is 22.5 Å². The fraction of sp³-hybridized carbons (Fsp3) is 0.182. The molecule has 0 saturated heterocycles. The second-order valence-electron chi connectivity index (χ2n) is 3.74. The van der Waals surface area contributed by atoms with Crippen molar-refractivity contribution in [1.29, 1.82) is 0 Å². The van der Waals surface area contributed by atoms with Gasteiger partial charge in [0.05, 0.1) is 5.52 Å². The Kier molecular flexibility index (Phi) is 2.38. The van der Waals surface area contributed by atoms with Gasteiger partial charge in [-0.25, -0.2) is 15.0 Å². The maximum absolute atomic E-state index is 5.55. The Morgan fingerprint density at radius 3 is 3.00 bits per heavy atom. The number of pyridine rings is 1. The molecule has 0 aliphatic carbocycles. The lowest BCUT2D eigenvalue weighted by Crippen LogP contribution is -1.94. The number of aromatic amines is 1. The quantitative estimate of drug-likeness (QED) is 0.722. The third-order valence-electron chi connectivity index (χ3n) is 2.57. The molecule has 3 heterocycles. The van der Waals surface area contributed by atoms with E-state index in [1.54, 1.807) is 17.5 Å². The van der Waals surface area contributed by atoms with Gasteiger partial charge in [0.1, 0.15) is 10.7 Å². The van der Waals surface area contributed by atoms with E-state index in [4.69, 9.17) is 5.73 Å². The number of fused-ring (bicyclic) bond motifs is 1. The van der Waals surface area contributed by atoms with Crippen molar-refractivity contribution in [1.82, 2.24) is 19.9 Å². The lowest BCUT2D eigenvalue weighted by molar-refractivity contribution is 1.04. The molecule has 5 nitrogen and oxygen atoms in total. The number of thiazole rings is 1. The number of imidazole rings is 1. The van der Waals surface area contributed by atoms with Crippen LogP contribution in [0.4, 0.5) is 0 Å². The van der Waals surface area contributed by atoms with Crippen molar-refractivity contribution in [3.8, 4) is 11.5 Å². The average Bonchev–Trinajstić information content (AvgIpc) is 2.95. The summed E-state index contributed by atoms with van der Waals surface area (Å²) in [4.78, 5) is 16.3. The van der Waals surface area contributed by atoms with Crippen LogP contribution in [0.5, 0.6) is 0 Å². The maximum atomic E-state index is 5.55. The summed E-state index contributed by atoms with van der Waals surface area (Å²) in [5, 5.41) is 2.86. The van der Waals surface area contributed by atoms with Gasteiger partial charge in [-0.2, -0.15) is 0 Å². The molecule has 0 fully saturated rings. The van der Waals surface area contributed by atoms with Crippen LogP contribution in [-0.2, 0) is 6.54 Å². The minimum absolute atomic E-state index is 0.460. The molecule has 6 heteroatoms. The molecule has 17 heavy (non-hydrogen) atoms. The van der Waals surface area contributed by atoms with Gasteiger partial charge in [-0.1, -0.05) is 0 Å². The molecule has 3 aromatic heterocycles. The van der Waals surface area contributed by atoms with Crippen LogP contribution in [0.3, 0.4) is 0 Å². The van der Waals surface area contributed by atoms with Gasteiger partial charge in [0.2, 0.25) is 0 Å². The Balaban J connectivity index is 2.14. The van der Waals surface area contributed by atoms with Crippen molar-refractivity contribution in [3.05, 3.63) is 28.2 Å². The molecule has 3 N–H and O–H groups in total. The third kappa shape index (κ3) is 1.71. The first-order chi connectivity index (χ1) is 8.28. The summed E-state index contributed by atoms with van der Waals surface area (Å²) in [6, 6.07) is 1.96. The Morgan fingerprint density at radius 1 is 1.41 bits per heavy atom. The van der Waals surface area contributed by atoms with E-state index >= 15 is 0 Å². The van der Waals surface area contributed by atoms with Crippen molar-refractivity contribution in [2.75, 3.05) is 0 Å². The van der Waals surface area contributed by atoms with E-state index in [2.05, 4.69) is 19.9 Å². The minimum atomic E-state index is 0.460. The van der Waals surface area contributed by atoms with Gasteiger partial charge in [0, 0.05) is 18.1 Å². The first kappa shape index (κ1) is 10.4. The molecule has 0 amide bonds. The number of H-pyrrole nitrogens is 1. The van der Waals surface area contributed by atoms with E-state index in [0.717, 1.165) is 33.3 Å². The molecule has 86 valence electrons. The van der Waals surface area contributed by atoms with Crippen molar-refractivity contribution in [2.24, 2.45) is 5.73 Å². The normalized spacial score (nSPS) is 11.2. The summed E-state index contributed by atoms with van der Waals surface area (Å²) in [5.41, 5.74) is 9.19. The minimum Gasteiger partial charge on any atom is -0.335 e. The number of nitrogens with zero attached hydrogens (tertiary/aromatic N) is 3. The van der Waals surface area contributed by atoms with Crippen molar-refractivity contribution in [3.63, 3.8) is 0 Å². The number of aromatic nitrogens is 4. The molecule has 0 aliphatic rings. The van der Waals surface area contributed by atoms with Crippen molar-refractivity contribution in [2.45, 2.75) is 13.5 Å². The van der Waals surface area contributed by atoms with Gasteiger partial charge in [0.25, 0.3) is 0 Å². The van der Waals surface area contributed by atoms with Crippen LogP contribution in [0, 0.1) is 6.92 Å². The molecular formula is C11H11N5S. The molecule has 3 rings (SSSR count). The van der Waals surface area contributed by atoms with E-state index in [9.17, 15) is 0 Å². The molecule has 0 bridgehead atoms. The topological polar surface area (TPSA) is 80.5 Å². The number of hydrogen-bond donors (Lipinski definition) is 2. The third-order valence-corrected chi connectivity index (χ3v) is 3.44. The van der Waals surface area contributed by atoms with E-state index in [-0.39, 0.29) is 0 Å². The van der Waals surface area contributed by atoms with Gasteiger partial charge in [-0.3, -0.25) is 0 Å². The first-order valence-corrected chi connectivity index (χ1v) is 6.12. The standard InChI is InChI=1S/C11H11N5S/c1-6-2-3-13-11-9(6)15-10(16-11)7-5-17-8(4-12)14-7/h2-3,5H,4,12H2,1H3,(H,13,15,16). The van der Waals surface area contributed by atoms with Gasteiger partial charge >= 0.3 is 0 Å². The number of hydrogen-bond acceptors (Lipinski definition) is 5. The zero-order valence-electron chi connectivity index (χ0n) is 9.27. The van der Waals surface area contributed by atoms with Crippen molar-refractivity contribution < 1.29 is 0 Å². The summed E-state index contributed by atoms with van der Waals surface area (Å²) in [7, 11) is 0. The van der Waals surface area contributed by atoms with Crippen LogP contribution in [0.25, 0.3) is 22.7 Å². The molecule has 3 aromatic rings. The van der Waals surface area contributed by atoms with E-state index in [1.807, 2.05) is 18.4 Å². The van der Waals surface area contributed by atoms with Crippen LogP contribution in [0.2, 0.25) is 0 Å². The predicted molar refractivity (Wildman–Crippen MR) is 67.6 cm³/mol.